The van der Waals surface area contributed by atoms with Gasteiger partial charge in [0.25, 0.3) is 0 Å². The van der Waals surface area contributed by atoms with Crippen molar-refractivity contribution in [3.05, 3.63) is 29.8 Å². The average molecular weight is 292 g/mol. The van der Waals surface area contributed by atoms with E-state index in [0.29, 0.717) is 19.5 Å². The summed E-state index contributed by atoms with van der Waals surface area (Å²) in [5.74, 6) is 0.784. The van der Waals surface area contributed by atoms with Crippen molar-refractivity contribution in [3.8, 4) is 5.75 Å². The monoisotopic (exact) mass is 292 g/mol. The number of β-amino-alcohol motifs (C(OH)–C–C–N with tert-alkyl or cyclic N) is 1. The fourth-order valence-electron chi connectivity index (χ4n) is 2.39. The van der Waals surface area contributed by atoms with Crippen LogP contribution in [0, 0.1) is 6.92 Å². The molecule has 0 bridgehead atoms. The summed E-state index contributed by atoms with van der Waals surface area (Å²) >= 11 is 0. The number of hydrogen-bond donors (Lipinski definition) is 3. The van der Waals surface area contributed by atoms with Gasteiger partial charge in [-0.2, -0.15) is 0 Å². The van der Waals surface area contributed by atoms with E-state index >= 15 is 0 Å². The van der Waals surface area contributed by atoms with Crippen LogP contribution in [0.3, 0.4) is 0 Å². The third-order valence-electron chi connectivity index (χ3n) is 3.77. The first-order valence-corrected chi connectivity index (χ1v) is 7.51. The van der Waals surface area contributed by atoms with Gasteiger partial charge in [0.1, 0.15) is 11.9 Å². The quantitative estimate of drug-likeness (QED) is 0.731. The highest BCUT2D eigenvalue weighted by Gasteiger charge is 2.28. The average Bonchev–Trinajstić information content (AvgIpc) is 2.91. The number of para-hydroxylation sites is 1. The lowest BCUT2D eigenvalue weighted by Gasteiger charge is -2.20. The van der Waals surface area contributed by atoms with Crippen molar-refractivity contribution < 1.29 is 14.6 Å². The lowest BCUT2D eigenvalue weighted by Crippen LogP contribution is -2.44. The molecule has 1 amide bonds. The Hall–Kier alpha value is -1.59. The number of carbonyl (C=O) groups excluding carboxylic acids is 1. The van der Waals surface area contributed by atoms with E-state index < -0.39 is 6.10 Å². The molecule has 3 unspecified atom stereocenters. The normalized spacial score (nSPS) is 22.8. The number of carbonyl (C=O) groups is 1. The molecule has 2 rings (SSSR count). The van der Waals surface area contributed by atoms with Gasteiger partial charge in [-0.1, -0.05) is 25.1 Å². The fourth-order valence-corrected chi connectivity index (χ4v) is 2.39. The molecular weight excluding hydrogens is 268 g/mol. The second kappa shape index (κ2) is 7.43. The standard InChI is InChI=1S/C16H24N2O3/c1-3-13(21-15-7-5-4-6-11(15)2)10-18-16(20)14-8-12(19)9-17-14/h4-7,12-14,17,19H,3,8-10H2,1-2H3,(H,18,20). The molecule has 1 aromatic rings. The number of rotatable bonds is 6. The largest absolute Gasteiger partial charge is 0.488 e. The van der Waals surface area contributed by atoms with E-state index in [2.05, 4.69) is 10.6 Å². The summed E-state index contributed by atoms with van der Waals surface area (Å²) in [6, 6.07) is 7.56. The maximum absolute atomic E-state index is 12.0. The van der Waals surface area contributed by atoms with Crippen LogP contribution in [0.4, 0.5) is 0 Å². The van der Waals surface area contributed by atoms with Crippen LogP contribution in [0.2, 0.25) is 0 Å². The summed E-state index contributed by atoms with van der Waals surface area (Å²) in [5.41, 5.74) is 1.09. The topological polar surface area (TPSA) is 70.6 Å². The number of aliphatic hydroxyl groups is 1. The summed E-state index contributed by atoms with van der Waals surface area (Å²) in [6.07, 6.45) is 0.809. The maximum Gasteiger partial charge on any atom is 0.237 e. The smallest absolute Gasteiger partial charge is 0.237 e. The zero-order chi connectivity index (χ0) is 15.2. The second-order valence-electron chi connectivity index (χ2n) is 5.51. The van der Waals surface area contributed by atoms with Gasteiger partial charge in [-0.25, -0.2) is 0 Å². The first kappa shape index (κ1) is 15.8. The van der Waals surface area contributed by atoms with Gasteiger partial charge in [0.2, 0.25) is 5.91 Å². The Morgan fingerprint density at radius 3 is 2.90 bits per heavy atom. The van der Waals surface area contributed by atoms with Gasteiger partial charge in [-0.05, 0) is 31.4 Å². The van der Waals surface area contributed by atoms with Crippen LogP contribution in [0.1, 0.15) is 25.3 Å². The van der Waals surface area contributed by atoms with Crippen molar-refractivity contribution >= 4 is 5.91 Å². The molecule has 3 atom stereocenters. The number of aryl methyl sites for hydroxylation is 1. The Balaban J connectivity index is 1.82. The Morgan fingerprint density at radius 1 is 1.52 bits per heavy atom. The predicted molar refractivity (Wildman–Crippen MR) is 81.3 cm³/mol. The predicted octanol–water partition coefficient (Wildman–Crippen LogP) is 0.991. The number of hydrogen-bond acceptors (Lipinski definition) is 4. The van der Waals surface area contributed by atoms with E-state index in [1.165, 1.54) is 0 Å². The van der Waals surface area contributed by atoms with E-state index in [0.717, 1.165) is 17.7 Å². The van der Waals surface area contributed by atoms with Crippen LogP contribution >= 0.6 is 0 Å². The zero-order valence-corrected chi connectivity index (χ0v) is 12.6. The summed E-state index contributed by atoms with van der Waals surface area (Å²) in [6.45, 7) is 4.99. The van der Waals surface area contributed by atoms with Crippen LogP contribution < -0.4 is 15.4 Å². The van der Waals surface area contributed by atoms with Gasteiger partial charge in [-0.3, -0.25) is 4.79 Å². The lowest BCUT2D eigenvalue weighted by molar-refractivity contribution is -0.123. The Labute approximate surface area is 125 Å². The number of benzene rings is 1. The summed E-state index contributed by atoms with van der Waals surface area (Å²) in [4.78, 5) is 12.0. The van der Waals surface area contributed by atoms with Crippen LogP contribution in [0.25, 0.3) is 0 Å². The van der Waals surface area contributed by atoms with Gasteiger partial charge in [0.15, 0.2) is 0 Å². The number of aliphatic hydroxyl groups excluding tert-OH is 1. The van der Waals surface area contributed by atoms with E-state index in [1.54, 1.807) is 0 Å². The molecule has 5 nitrogen and oxygen atoms in total. The van der Waals surface area contributed by atoms with Gasteiger partial charge in [-0.15, -0.1) is 0 Å². The highest BCUT2D eigenvalue weighted by molar-refractivity contribution is 5.82. The molecule has 1 heterocycles. The van der Waals surface area contributed by atoms with E-state index in [-0.39, 0.29) is 18.1 Å². The van der Waals surface area contributed by atoms with E-state index in [9.17, 15) is 9.90 Å². The van der Waals surface area contributed by atoms with Crippen molar-refractivity contribution in [2.75, 3.05) is 13.1 Å². The minimum atomic E-state index is -0.425. The Bertz CT molecular complexity index is 478. The van der Waals surface area contributed by atoms with Crippen molar-refractivity contribution in [2.45, 2.75) is 44.9 Å². The molecule has 1 aliphatic rings. The second-order valence-corrected chi connectivity index (χ2v) is 5.51. The van der Waals surface area contributed by atoms with Crippen molar-refractivity contribution in [3.63, 3.8) is 0 Å². The maximum atomic E-state index is 12.0. The molecule has 1 fully saturated rings. The molecule has 116 valence electrons. The fraction of sp³-hybridized carbons (Fsp3) is 0.562. The summed E-state index contributed by atoms with van der Waals surface area (Å²) in [7, 11) is 0. The van der Waals surface area contributed by atoms with Crippen molar-refractivity contribution in [1.82, 2.24) is 10.6 Å². The minimum Gasteiger partial charge on any atom is -0.488 e. The molecular formula is C16H24N2O3. The van der Waals surface area contributed by atoms with Crippen LogP contribution in [0.5, 0.6) is 5.75 Å². The molecule has 1 aliphatic heterocycles. The van der Waals surface area contributed by atoms with Crippen LogP contribution in [-0.4, -0.2) is 42.4 Å². The molecule has 5 heteroatoms. The van der Waals surface area contributed by atoms with E-state index in [1.807, 2.05) is 38.1 Å². The number of nitrogens with one attached hydrogen (secondary N) is 2. The first-order valence-electron chi connectivity index (χ1n) is 7.51. The molecule has 1 aromatic carbocycles. The van der Waals surface area contributed by atoms with Crippen molar-refractivity contribution in [2.24, 2.45) is 0 Å². The summed E-state index contributed by atoms with van der Waals surface area (Å²) < 4.78 is 5.94. The van der Waals surface area contributed by atoms with Crippen LogP contribution in [0.15, 0.2) is 24.3 Å². The van der Waals surface area contributed by atoms with Gasteiger partial charge in [0, 0.05) is 6.54 Å². The summed E-state index contributed by atoms with van der Waals surface area (Å²) in [5, 5.41) is 15.3. The number of amides is 1. The molecule has 21 heavy (non-hydrogen) atoms. The Morgan fingerprint density at radius 2 is 2.29 bits per heavy atom. The third kappa shape index (κ3) is 4.44. The minimum absolute atomic E-state index is 0.0543. The third-order valence-corrected chi connectivity index (χ3v) is 3.77. The van der Waals surface area contributed by atoms with Gasteiger partial charge < -0.3 is 20.5 Å². The molecule has 0 aromatic heterocycles. The molecule has 0 radical (unpaired) electrons. The molecule has 1 saturated heterocycles. The molecule has 0 spiro atoms. The lowest BCUT2D eigenvalue weighted by atomic mass is 10.2. The van der Waals surface area contributed by atoms with E-state index in [4.69, 9.17) is 4.74 Å². The molecule has 0 saturated carbocycles. The SMILES string of the molecule is CCC(CNC(=O)C1CC(O)CN1)Oc1ccccc1C. The highest BCUT2D eigenvalue weighted by atomic mass is 16.5. The van der Waals surface area contributed by atoms with Crippen LogP contribution in [-0.2, 0) is 4.79 Å². The number of ether oxygens (including phenoxy) is 1. The highest BCUT2D eigenvalue weighted by Crippen LogP contribution is 2.18. The zero-order valence-electron chi connectivity index (χ0n) is 12.6. The molecule has 0 aliphatic carbocycles. The van der Waals surface area contributed by atoms with Gasteiger partial charge >= 0.3 is 0 Å². The van der Waals surface area contributed by atoms with Crippen molar-refractivity contribution in [1.29, 1.82) is 0 Å². The molecule has 3 N–H and O–H groups in total. The Kier molecular flexibility index (Phi) is 5.59. The van der Waals surface area contributed by atoms with Gasteiger partial charge in [0.05, 0.1) is 18.7 Å². The first-order chi connectivity index (χ1) is 10.1.